The van der Waals surface area contributed by atoms with E-state index in [4.69, 9.17) is 0 Å². The van der Waals surface area contributed by atoms with Crippen molar-refractivity contribution in [1.82, 2.24) is 0 Å². The first-order valence-electron chi connectivity index (χ1n) is 5.59. The van der Waals surface area contributed by atoms with Crippen LogP contribution >= 0.6 is 0 Å². The fraction of sp³-hybridized carbons (Fsp3) is 0.143. The van der Waals surface area contributed by atoms with Crippen LogP contribution in [0.15, 0.2) is 53.4 Å². The van der Waals surface area contributed by atoms with E-state index in [9.17, 15) is 22.7 Å². The Morgan fingerprint density at radius 2 is 1.70 bits per heavy atom. The van der Waals surface area contributed by atoms with Crippen LogP contribution in [0.4, 0.5) is 17.6 Å². The first-order valence-corrected chi connectivity index (χ1v) is 5.59. The Kier molecular flexibility index (Phi) is 3.67. The molecule has 0 aliphatic carbocycles. The van der Waals surface area contributed by atoms with Gasteiger partial charge in [0.2, 0.25) is 5.60 Å². The summed E-state index contributed by atoms with van der Waals surface area (Å²) in [6.07, 6.45) is -1.38. The quantitative estimate of drug-likeness (QED) is 0.869. The van der Waals surface area contributed by atoms with Crippen LogP contribution < -0.4 is 0 Å². The Balaban J connectivity index is 2.37. The zero-order valence-corrected chi connectivity index (χ0v) is 10.1. The normalized spacial score (nSPS) is 15.4. The molecule has 0 radical (unpaired) electrons. The summed E-state index contributed by atoms with van der Waals surface area (Å²) in [6, 6.07) is 5.87. The van der Waals surface area contributed by atoms with E-state index in [1.165, 1.54) is 12.1 Å². The maximum Gasteiger partial charge on any atom is 0.425 e. The Morgan fingerprint density at radius 3 is 2.20 bits per heavy atom. The van der Waals surface area contributed by atoms with Crippen LogP contribution in [0, 0.1) is 5.82 Å². The van der Waals surface area contributed by atoms with Crippen LogP contribution in [0.25, 0.3) is 6.08 Å². The van der Waals surface area contributed by atoms with E-state index in [-0.39, 0.29) is 0 Å². The van der Waals surface area contributed by atoms with Gasteiger partial charge in [-0.3, -0.25) is 0 Å². The van der Waals surface area contributed by atoms with Crippen molar-refractivity contribution < 1.29 is 27.1 Å². The highest BCUT2D eigenvalue weighted by atomic mass is 19.4. The van der Waals surface area contributed by atoms with Crippen LogP contribution in [0.3, 0.4) is 0 Å². The van der Waals surface area contributed by atoms with Crippen molar-refractivity contribution in [1.29, 1.82) is 0 Å². The average molecular weight is 286 g/mol. The van der Waals surface area contributed by atoms with E-state index in [1.54, 1.807) is 0 Å². The highest BCUT2D eigenvalue weighted by molar-refractivity contribution is 5.51. The lowest BCUT2D eigenvalue weighted by molar-refractivity contribution is -0.245. The monoisotopic (exact) mass is 286 g/mol. The zero-order chi connectivity index (χ0) is 14.8. The van der Waals surface area contributed by atoms with Gasteiger partial charge in [0.05, 0.1) is 12.5 Å². The third-order valence-electron chi connectivity index (χ3n) is 2.78. The van der Waals surface area contributed by atoms with E-state index >= 15 is 0 Å². The topological polar surface area (TPSA) is 33.4 Å². The van der Waals surface area contributed by atoms with Gasteiger partial charge in [-0.25, -0.2) is 4.39 Å². The summed E-state index contributed by atoms with van der Waals surface area (Å²) >= 11 is 0. The minimum absolute atomic E-state index is 0.331. The van der Waals surface area contributed by atoms with Crippen molar-refractivity contribution in [3.8, 4) is 0 Å². The molecule has 0 amide bonds. The zero-order valence-electron chi connectivity index (χ0n) is 10.1. The molecular formula is C14H10F4O2. The Morgan fingerprint density at radius 1 is 1.05 bits per heavy atom. The molecule has 0 bridgehead atoms. The minimum atomic E-state index is -4.91. The highest BCUT2D eigenvalue weighted by Crippen LogP contribution is 2.40. The van der Waals surface area contributed by atoms with Gasteiger partial charge in [0.15, 0.2) is 0 Å². The lowest BCUT2D eigenvalue weighted by Crippen LogP contribution is -2.40. The smallest absolute Gasteiger partial charge is 0.425 e. The second kappa shape index (κ2) is 5.13. The van der Waals surface area contributed by atoms with E-state index in [2.05, 4.69) is 4.42 Å². The van der Waals surface area contributed by atoms with Gasteiger partial charge in [-0.2, -0.15) is 13.2 Å². The van der Waals surface area contributed by atoms with Crippen LogP contribution in [0.5, 0.6) is 0 Å². The summed E-state index contributed by atoms with van der Waals surface area (Å²) in [4.78, 5) is 0. The minimum Gasteiger partial charge on any atom is -0.472 e. The SMILES string of the molecule is OC(C=Cc1ccc(F)cc1)(c1ccoc1)C(F)(F)F. The molecule has 0 aliphatic heterocycles. The molecule has 2 aromatic rings. The summed E-state index contributed by atoms with van der Waals surface area (Å²) in [7, 11) is 0. The molecule has 0 fully saturated rings. The molecule has 0 saturated carbocycles. The predicted octanol–water partition coefficient (Wildman–Crippen LogP) is 3.88. The van der Waals surface area contributed by atoms with Gasteiger partial charge in [-0.05, 0) is 29.8 Å². The predicted molar refractivity (Wildman–Crippen MR) is 64.1 cm³/mol. The summed E-state index contributed by atoms with van der Waals surface area (Å²) in [5.41, 5.74) is -3.25. The van der Waals surface area contributed by atoms with Crippen LogP contribution in [-0.4, -0.2) is 11.3 Å². The fourth-order valence-electron chi connectivity index (χ4n) is 1.63. The number of hydrogen-bond donors (Lipinski definition) is 1. The van der Waals surface area contributed by atoms with E-state index in [0.717, 1.165) is 36.8 Å². The number of furan rings is 1. The van der Waals surface area contributed by atoms with Gasteiger partial charge >= 0.3 is 6.18 Å². The summed E-state index contributed by atoms with van der Waals surface area (Å²) in [5, 5.41) is 9.88. The molecule has 1 N–H and O–H groups in total. The van der Waals surface area contributed by atoms with E-state index in [1.807, 2.05) is 0 Å². The van der Waals surface area contributed by atoms with Crippen molar-refractivity contribution in [3.05, 3.63) is 65.9 Å². The maximum atomic E-state index is 13.0. The van der Waals surface area contributed by atoms with Crippen molar-refractivity contribution in [2.45, 2.75) is 11.8 Å². The van der Waals surface area contributed by atoms with Crippen molar-refractivity contribution in [3.63, 3.8) is 0 Å². The molecule has 106 valence electrons. The third-order valence-corrected chi connectivity index (χ3v) is 2.78. The molecule has 0 aliphatic rings. The van der Waals surface area contributed by atoms with Gasteiger partial charge in [0.25, 0.3) is 0 Å². The Hall–Kier alpha value is -2.08. The van der Waals surface area contributed by atoms with Gasteiger partial charge in [-0.1, -0.05) is 18.2 Å². The number of aliphatic hydroxyl groups is 1. The van der Waals surface area contributed by atoms with Gasteiger partial charge in [-0.15, -0.1) is 0 Å². The first-order chi connectivity index (χ1) is 9.33. The average Bonchev–Trinajstić information content (AvgIpc) is 2.90. The number of benzene rings is 1. The molecule has 1 aromatic carbocycles. The largest absolute Gasteiger partial charge is 0.472 e. The maximum absolute atomic E-state index is 13.0. The Labute approximate surface area is 112 Å². The van der Waals surface area contributed by atoms with Crippen molar-refractivity contribution in [2.75, 3.05) is 0 Å². The molecule has 1 unspecified atom stereocenters. The molecule has 0 spiro atoms. The highest BCUT2D eigenvalue weighted by Gasteiger charge is 2.53. The number of alkyl halides is 3. The van der Waals surface area contributed by atoms with Crippen LogP contribution in [0.1, 0.15) is 11.1 Å². The second-order valence-electron chi connectivity index (χ2n) is 4.16. The molecular weight excluding hydrogens is 276 g/mol. The molecule has 0 saturated heterocycles. The van der Waals surface area contributed by atoms with Crippen LogP contribution in [0.2, 0.25) is 0 Å². The standard InChI is InChI=1S/C14H10F4O2/c15-12-3-1-10(2-4-12)5-7-13(19,14(16,17)18)11-6-8-20-9-11/h1-9,19H. The third kappa shape index (κ3) is 2.75. The van der Waals surface area contributed by atoms with Gasteiger partial charge in [0, 0.05) is 5.56 Å². The lowest BCUT2D eigenvalue weighted by atomic mass is 9.94. The summed E-state index contributed by atoms with van der Waals surface area (Å²) in [6.45, 7) is 0. The lowest BCUT2D eigenvalue weighted by Gasteiger charge is -2.26. The molecule has 20 heavy (non-hydrogen) atoms. The number of rotatable bonds is 3. The molecule has 2 rings (SSSR count). The van der Waals surface area contributed by atoms with E-state index < -0.39 is 23.2 Å². The van der Waals surface area contributed by atoms with Crippen LogP contribution in [-0.2, 0) is 5.60 Å². The molecule has 1 atom stereocenters. The van der Waals surface area contributed by atoms with Gasteiger partial charge < -0.3 is 9.52 Å². The molecule has 1 heterocycles. The Bertz CT molecular complexity index is 585. The van der Waals surface area contributed by atoms with E-state index in [0.29, 0.717) is 11.6 Å². The van der Waals surface area contributed by atoms with Crippen molar-refractivity contribution >= 4 is 6.08 Å². The molecule has 1 aromatic heterocycles. The first kappa shape index (κ1) is 14.3. The number of halogens is 4. The van der Waals surface area contributed by atoms with Crippen molar-refractivity contribution in [2.24, 2.45) is 0 Å². The summed E-state index contributed by atoms with van der Waals surface area (Å²) < 4.78 is 56.4. The number of hydrogen-bond acceptors (Lipinski definition) is 2. The second-order valence-corrected chi connectivity index (χ2v) is 4.16. The summed E-state index contributed by atoms with van der Waals surface area (Å²) in [5.74, 6) is -0.497. The molecule has 6 heteroatoms. The molecule has 2 nitrogen and oxygen atoms in total. The fourth-order valence-corrected chi connectivity index (χ4v) is 1.63. The van der Waals surface area contributed by atoms with Gasteiger partial charge in [0.1, 0.15) is 5.82 Å².